The predicted octanol–water partition coefficient (Wildman–Crippen LogP) is 4.05. The maximum Gasteiger partial charge on any atom is 0.196 e. The highest BCUT2D eigenvalue weighted by Gasteiger charge is 2.04. The maximum atomic E-state index is 12.3. The molecule has 3 aromatic rings. The van der Waals surface area contributed by atoms with Crippen molar-refractivity contribution in [1.82, 2.24) is 0 Å². The molecule has 3 rings (SSSR count). The third kappa shape index (κ3) is 2.54. The molecule has 0 unspecified atom stereocenters. The third-order valence-electron chi connectivity index (χ3n) is 3.20. The molecule has 2 heteroatoms. The zero-order valence-electron chi connectivity index (χ0n) is 11.0. The molecule has 0 fully saturated rings. The first-order valence-corrected chi connectivity index (χ1v) is 6.55. The normalized spacial score (nSPS) is 11.2. The van der Waals surface area contributed by atoms with E-state index in [2.05, 4.69) is 0 Å². The van der Waals surface area contributed by atoms with E-state index >= 15 is 0 Å². The maximum absolute atomic E-state index is 12.3. The Morgan fingerprint density at radius 1 is 0.950 bits per heavy atom. The second kappa shape index (κ2) is 5.57. The molecular formula is C18H14O2. The number of hydrogen-bond donors (Lipinski definition) is 0. The summed E-state index contributed by atoms with van der Waals surface area (Å²) < 4.78 is 5.49. The van der Waals surface area contributed by atoms with Gasteiger partial charge in [-0.05, 0) is 24.1 Å². The Hall–Kier alpha value is -2.61. The Labute approximate surface area is 117 Å². The Bertz CT molecular complexity index is 798. The summed E-state index contributed by atoms with van der Waals surface area (Å²) in [7, 11) is 0. The van der Waals surface area contributed by atoms with E-state index in [0.717, 1.165) is 5.56 Å². The van der Waals surface area contributed by atoms with Crippen molar-refractivity contribution in [2.75, 3.05) is 0 Å². The molecule has 0 aliphatic rings. The third-order valence-corrected chi connectivity index (χ3v) is 3.20. The zero-order valence-corrected chi connectivity index (χ0v) is 11.0. The molecule has 98 valence electrons. The van der Waals surface area contributed by atoms with Gasteiger partial charge >= 0.3 is 0 Å². The van der Waals surface area contributed by atoms with E-state index < -0.39 is 0 Å². The van der Waals surface area contributed by atoms with Gasteiger partial charge in [-0.1, -0.05) is 54.6 Å². The highest BCUT2D eigenvalue weighted by molar-refractivity contribution is 5.76. The predicted molar refractivity (Wildman–Crippen MR) is 81.7 cm³/mol. The van der Waals surface area contributed by atoms with E-state index in [1.165, 1.54) is 0 Å². The van der Waals surface area contributed by atoms with Crippen molar-refractivity contribution in [2.45, 2.75) is 6.42 Å². The fourth-order valence-electron chi connectivity index (χ4n) is 2.15. The van der Waals surface area contributed by atoms with E-state index in [1.807, 2.05) is 54.6 Å². The first-order valence-electron chi connectivity index (χ1n) is 6.55. The lowest BCUT2D eigenvalue weighted by atomic mass is 10.1. The molecule has 0 saturated carbocycles. The summed E-state index contributed by atoms with van der Waals surface area (Å²) in [4.78, 5) is 12.3. The smallest absolute Gasteiger partial charge is 0.196 e. The molecule has 0 N–H and O–H groups in total. The first kappa shape index (κ1) is 12.4. The molecule has 0 amide bonds. The lowest BCUT2D eigenvalue weighted by molar-refractivity contribution is 0.595. The van der Waals surface area contributed by atoms with Crippen LogP contribution in [0, 0.1) is 0 Å². The quantitative estimate of drug-likeness (QED) is 0.712. The molecule has 0 atom stereocenters. The highest BCUT2D eigenvalue weighted by Crippen LogP contribution is 2.11. The van der Waals surface area contributed by atoms with Crippen molar-refractivity contribution >= 4 is 17.0 Å². The molecule has 20 heavy (non-hydrogen) atoms. The van der Waals surface area contributed by atoms with Crippen molar-refractivity contribution in [2.24, 2.45) is 0 Å². The van der Waals surface area contributed by atoms with Gasteiger partial charge in [0.1, 0.15) is 5.58 Å². The molecule has 1 aromatic heterocycles. The molecule has 0 aliphatic carbocycles. The largest absolute Gasteiger partial charge is 0.464 e. The van der Waals surface area contributed by atoms with Crippen molar-refractivity contribution in [3.05, 3.63) is 88.3 Å². The fraction of sp³-hybridized carbons (Fsp3) is 0.0556. The summed E-state index contributed by atoms with van der Waals surface area (Å²) in [5.74, 6) is 0. The Morgan fingerprint density at radius 3 is 2.55 bits per heavy atom. The van der Waals surface area contributed by atoms with Gasteiger partial charge in [-0.3, -0.25) is 4.79 Å². The summed E-state index contributed by atoms with van der Waals surface area (Å²) in [5, 5.41) is 0.637. The minimum Gasteiger partial charge on any atom is -0.464 e. The van der Waals surface area contributed by atoms with E-state index in [0.29, 0.717) is 23.0 Å². The molecule has 0 aliphatic heterocycles. The van der Waals surface area contributed by atoms with Crippen LogP contribution >= 0.6 is 0 Å². The van der Waals surface area contributed by atoms with Crippen LogP contribution in [0.2, 0.25) is 0 Å². The van der Waals surface area contributed by atoms with Gasteiger partial charge in [-0.15, -0.1) is 0 Å². The number of allylic oxidation sites excluding steroid dienone is 1. The number of benzene rings is 2. The van der Waals surface area contributed by atoms with E-state index in [-0.39, 0.29) is 5.43 Å². The topological polar surface area (TPSA) is 30.2 Å². The van der Waals surface area contributed by atoms with Crippen LogP contribution < -0.4 is 5.43 Å². The summed E-state index contributed by atoms with van der Waals surface area (Å²) in [6, 6.07) is 17.3. The standard InChI is InChI=1S/C18H14O2/c19-18-15(10-6-9-14-7-2-1-3-8-14)13-20-17-12-5-4-11-16(17)18/h1-9,11-13H,10H2/b9-6+. The molecule has 1 heterocycles. The van der Waals surface area contributed by atoms with Gasteiger partial charge in [0.2, 0.25) is 0 Å². The number of rotatable bonds is 3. The van der Waals surface area contributed by atoms with Gasteiger partial charge < -0.3 is 4.42 Å². The number of fused-ring (bicyclic) bond motifs is 1. The molecule has 0 spiro atoms. The van der Waals surface area contributed by atoms with E-state index in [4.69, 9.17) is 4.42 Å². The Morgan fingerprint density at radius 2 is 1.70 bits per heavy atom. The zero-order chi connectivity index (χ0) is 13.8. The summed E-state index contributed by atoms with van der Waals surface area (Å²) >= 11 is 0. The molecule has 0 bridgehead atoms. The van der Waals surface area contributed by atoms with Crippen molar-refractivity contribution in [3.8, 4) is 0 Å². The molecule has 2 aromatic carbocycles. The Kier molecular flexibility index (Phi) is 3.46. The Balaban J connectivity index is 1.87. The van der Waals surface area contributed by atoms with Crippen molar-refractivity contribution in [1.29, 1.82) is 0 Å². The molecule has 2 nitrogen and oxygen atoms in total. The van der Waals surface area contributed by atoms with Crippen LogP contribution in [0.25, 0.3) is 17.0 Å². The van der Waals surface area contributed by atoms with Gasteiger partial charge in [0.25, 0.3) is 0 Å². The average molecular weight is 262 g/mol. The van der Waals surface area contributed by atoms with Crippen LogP contribution in [0.3, 0.4) is 0 Å². The van der Waals surface area contributed by atoms with Crippen LogP contribution in [0.5, 0.6) is 0 Å². The lowest BCUT2D eigenvalue weighted by Gasteiger charge is -1.99. The number of hydrogen-bond acceptors (Lipinski definition) is 2. The van der Waals surface area contributed by atoms with Crippen LogP contribution in [0.1, 0.15) is 11.1 Å². The minimum atomic E-state index is 0.0459. The first-order chi connectivity index (χ1) is 9.84. The van der Waals surface area contributed by atoms with Crippen molar-refractivity contribution < 1.29 is 4.42 Å². The van der Waals surface area contributed by atoms with Crippen molar-refractivity contribution in [3.63, 3.8) is 0 Å². The van der Waals surface area contributed by atoms with E-state index in [9.17, 15) is 4.79 Å². The van der Waals surface area contributed by atoms with Crippen LogP contribution in [0.15, 0.2) is 76.1 Å². The monoisotopic (exact) mass is 262 g/mol. The number of para-hydroxylation sites is 1. The second-order valence-electron chi connectivity index (χ2n) is 4.60. The van der Waals surface area contributed by atoms with E-state index in [1.54, 1.807) is 18.4 Å². The second-order valence-corrected chi connectivity index (χ2v) is 4.60. The summed E-state index contributed by atoms with van der Waals surface area (Å²) in [5.41, 5.74) is 2.48. The average Bonchev–Trinajstić information content (AvgIpc) is 2.51. The minimum absolute atomic E-state index is 0.0459. The van der Waals surface area contributed by atoms with Gasteiger partial charge in [0.15, 0.2) is 5.43 Å². The summed E-state index contributed by atoms with van der Waals surface area (Å²) in [6.45, 7) is 0. The molecular weight excluding hydrogens is 248 g/mol. The van der Waals surface area contributed by atoms with Crippen LogP contribution in [0.4, 0.5) is 0 Å². The van der Waals surface area contributed by atoms with Crippen LogP contribution in [-0.4, -0.2) is 0 Å². The fourth-order valence-corrected chi connectivity index (χ4v) is 2.15. The van der Waals surface area contributed by atoms with Crippen LogP contribution in [-0.2, 0) is 6.42 Å². The van der Waals surface area contributed by atoms with Gasteiger partial charge in [-0.25, -0.2) is 0 Å². The molecule has 0 radical (unpaired) electrons. The van der Waals surface area contributed by atoms with Gasteiger partial charge in [0.05, 0.1) is 11.6 Å². The lowest BCUT2D eigenvalue weighted by Crippen LogP contribution is -2.07. The summed E-state index contributed by atoms with van der Waals surface area (Å²) in [6.07, 6.45) is 6.12. The van der Waals surface area contributed by atoms with Gasteiger partial charge in [0, 0.05) is 5.56 Å². The highest BCUT2D eigenvalue weighted by atomic mass is 16.3. The SMILES string of the molecule is O=c1c(C/C=C/c2ccccc2)coc2ccccc12. The van der Waals surface area contributed by atoms with Gasteiger partial charge in [-0.2, -0.15) is 0 Å². The molecule has 0 saturated heterocycles.